The molecule has 0 aliphatic heterocycles. The number of carbonyl (C=O) groups is 1. The molecule has 3 N–H and O–H groups in total. The number of nitrogens with one attached hydrogen (secondary N) is 1. The van der Waals surface area contributed by atoms with Gasteiger partial charge in [0.05, 0.1) is 12.2 Å². The zero-order valence-electron chi connectivity index (χ0n) is 11.7. The second-order valence-electron chi connectivity index (χ2n) is 4.48. The van der Waals surface area contributed by atoms with E-state index >= 15 is 0 Å². The van der Waals surface area contributed by atoms with Crippen molar-refractivity contribution < 1.29 is 9.53 Å². The monoisotopic (exact) mass is 304 g/mol. The minimum atomic E-state index is -0.270. The van der Waals surface area contributed by atoms with Crippen LogP contribution in [-0.4, -0.2) is 12.5 Å². The van der Waals surface area contributed by atoms with Crippen LogP contribution in [0.4, 0.5) is 11.4 Å². The molecule has 2 aromatic rings. The van der Waals surface area contributed by atoms with Crippen LogP contribution in [0.2, 0.25) is 5.02 Å². The number of carbonyl (C=O) groups excluding carboxylic acids is 1. The maximum atomic E-state index is 12.3. The molecule has 21 heavy (non-hydrogen) atoms. The van der Waals surface area contributed by atoms with Gasteiger partial charge >= 0.3 is 0 Å². The van der Waals surface area contributed by atoms with E-state index in [1.54, 1.807) is 18.2 Å². The van der Waals surface area contributed by atoms with Gasteiger partial charge in [-0.05, 0) is 31.2 Å². The molecule has 2 rings (SSSR count). The van der Waals surface area contributed by atoms with Crippen molar-refractivity contribution in [3.8, 4) is 0 Å². The lowest BCUT2D eigenvalue weighted by Gasteiger charge is -2.12. The van der Waals surface area contributed by atoms with Gasteiger partial charge in [-0.1, -0.05) is 29.8 Å². The van der Waals surface area contributed by atoms with Gasteiger partial charge in [-0.3, -0.25) is 4.79 Å². The topological polar surface area (TPSA) is 64.3 Å². The number of hydrogen-bond donors (Lipinski definition) is 2. The summed E-state index contributed by atoms with van der Waals surface area (Å²) < 4.78 is 5.39. The Balaban J connectivity index is 2.19. The fraction of sp³-hybridized carbons (Fsp3) is 0.188. The first kappa shape index (κ1) is 15.4. The van der Waals surface area contributed by atoms with Gasteiger partial charge in [-0.15, -0.1) is 0 Å². The van der Waals surface area contributed by atoms with Crippen molar-refractivity contribution in [3.63, 3.8) is 0 Å². The van der Waals surface area contributed by atoms with Crippen LogP contribution >= 0.6 is 11.6 Å². The average Bonchev–Trinajstić information content (AvgIpc) is 2.46. The Morgan fingerprint density at radius 1 is 1.29 bits per heavy atom. The zero-order chi connectivity index (χ0) is 15.2. The summed E-state index contributed by atoms with van der Waals surface area (Å²) in [5, 5.41) is 3.35. The van der Waals surface area contributed by atoms with Crippen molar-refractivity contribution in [2.24, 2.45) is 0 Å². The Hall–Kier alpha value is -2.04. The van der Waals surface area contributed by atoms with Crippen LogP contribution in [0.5, 0.6) is 0 Å². The first-order valence-corrected chi connectivity index (χ1v) is 7.01. The molecule has 0 saturated heterocycles. The summed E-state index contributed by atoms with van der Waals surface area (Å²) in [6.45, 7) is 2.99. The highest BCUT2D eigenvalue weighted by Gasteiger charge is 2.12. The highest BCUT2D eigenvalue weighted by molar-refractivity contribution is 6.31. The van der Waals surface area contributed by atoms with E-state index in [1.807, 2.05) is 31.2 Å². The minimum Gasteiger partial charge on any atom is -0.398 e. The normalized spacial score (nSPS) is 10.4. The van der Waals surface area contributed by atoms with Crippen LogP contribution in [0.15, 0.2) is 42.5 Å². The van der Waals surface area contributed by atoms with E-state index < -0.39 is 0 Å². The number of ether oxygens (including phenoxy) is 1. The molecule has 0 fully saturated rings. The summed E-state index contributed by atoms with van der Waals surface area (Å²) >= 11 is 5.84. The molecule has 0 bridgehead atoms. The average molecular weight is 305 g/mol. The second-order valence-corrected chi connectivity index (χ2v) is 4.92. The Labute approximate surface area is 128 Å². The number of nitrogen functional groups attached to an aromatic ring is 1. The molecular formula is C16H17ClN2O2. The lowest BCUT2D eigenvalue weighted by molar-refractivity contribution is 0.102. The predicted molar refractivity (Wildman–Crippen MR) is 85.6 cm³/mol. The van der Waals surface area contributed by atoms with Gasteiger partial charge < -0.3 is 15.8 Å². The molecular weight excluding hydrogens is 288 g/mol. The number of nitrogens with two attached hydrogens (primary N) is 1. The van der Waals surface area contributed by atoms with E-state index in [4.69, 9.17) is 22.1 Å². The van der Waals surface area contributed by atoms with Gasteiger partial charge in [0.2, 0.25) is 0 Å². The molecule has 0 spiro atoms. The largest absolute Gasteiger partial charge is 0.398 e. The molecule has 0 saturated carbocycles. The van der Waals surface area contributed by atoms with E-state index in [0.29, 0.717) is 35.2 Å². The van der Waals surface area contributed by atoms with Crippen molar-refractivity contribution in [2.45, 2.75) is 13.5 Å². The van der Waals surface area contributed by atoms with Gasteiger partial charge in [-0.25, -0.2) is 0 Å². The molecule has 0 radical (unpaired) electrons. The third kappa shape index (κ3) is 3.97. The van der Waals surface area contributed by atoms with E-state index in [1.165, 1.54) is 0 Å². The lowest BCUT2D eigenvalue weighted by atomic mass is 10.1. The molecule has 0 aliphatic carbocycles. The molecule has 5 heteroatoms. The van der Waals surface area contributed by atoms with Gasteiger partial charge in [0, 0.05) is 28.6 Å². The molecule has 0 aliphatic rings. The number of para-hydroxylation sites is 1. The van der Waals surface area contributed by atoms with E-state index in [9.17, 15) is 4.79 Å². The van der Waals surface area contributed by atoms with Crippen molar-refractivity contribution in [3.05, 3.63) is 58.6 Å². The number of halogens is 1. The summed E-state index contributed by atoms with van der Waals surface area (Å²) in [7, 11) is 0. The van der Waals surface area contributed by atoms with Crippen molar-refractivity contribution in [1.29, 1.82) is 0 Å². The van der Waals surface area contributed by atoms with Gasteiger partial charge in [0.25, 0.3) is 5.91 Å². The molecule has 0 atom stereocenters. The smallest absolute Gasteiger partial charge is 0.257 e. The number of benzene rings is 2. The van der Waals surface area contributed by atoms with E-state index in [0.717, 1.165) is 5.56 Å². The maximum absolute atomic E-state index is 12.3. The summed E-state index contributed by atoms with van der Waals surface area (Å²) in [4.78, 5) is 12.3. The van der Waals surface area contributed by atoms with Crippen LogP contribution in [0.25, 0.3) is 0 Å². The maximum Gasteiger partial charge on any atom is 0.257 e. The summed E-state index contributed by atoms with van der Waals surface area (Å²) in [5.41, 5.74) is 8.20. The SMILES string of the molecule is CCOCc1ccccc1NC(=O)c1ccc(Cl)cc1N. The first-order chi connectivity index (χ1) is 10.1. The Morgan fingerprint density at radius 3 is 2.76 bits per heavy atom. The minimum absolute atomic E-state index is 0.270. The number of rotatable bonds is 5. The Bertz CT molecular complexity index is 644. The first-order valence-electron chi connectivity index (χ1n) is 6.64. The summed E-state index contributed by atoms with van der Waals surface area (Å²) in [5.74, 6) is -0.270. The van der Waals surface area contributed by atoms with E-state index in [-0.39, 0.29) is 5.91 Å². The highest BCUT2D eigenvalue weighted by atomic mass is 35.5. The molecule has 0 aromatic heterocycles. The number of amides is 1. The third-order valence-corrected chi connectivity index (χ3v) is 3.22. The van der Waals surface area contributed by atoms with Gasteiger partial charge in [-0.2, -0.15) is 0 Å². The van der Waals surface area contributed by atoms with Crippen LogP contribution in [0.3, 0.4) is 0 Å². The number of hydrogen-bond acceptors (Lipinski definition) is 3. The fourth-order valence-corrected chi connectivity index (χ4v) is 2.09. The molecule has 0 unspecified atom stereocenters. The van der Waals surface area contributed by atoms with Crippen LogP contribution in [0.1, 0.15) is 22.8 Å². The summed E-state index contributed by atoms with van der Waals surface area (Å²) in [6.07, 6.45) is 0. The van der Waals surface area contributed by atoms with Crippen molar-refractivity contribution >= 4 is 28.9 Å². The number of anilines is 2. The van der Waals surface area contributed by atoms with Crippen LogP contribution < -0.4 is 11.1 Å². The standard InChI is InChI=1S/C16H17ClN2O2/c1-2-21-10-11-5-3-4-6-15(11)19-16(20)13-8-7-12(17)9-14(13)18/h3-9H,2,10,18H2,1H3,(H,19,20). The zero-order valence-corrected chi connectivity index (χ0v) is 12.5. The second kappa shape index (κ2) is 7.11. The molecule has 2 aromatic carbocycles. The summed E-state index contributed by atoms with van der Waals surface area (Å²) in [6, 6.07) is 12.3. The molecule has 4 nitrogen and oxygen atoms in total. The van der Waals surface area contributed by atoms with Gasteiger partial charge in [0.15, 0.2) is 0 Å². The quantitative estimate of drug-likeness (QED) is 0.828. The predicted octanol–water partition coefficient (Wildman–Crippen LogP) is 3.71. The van der Waals surface area contributed by atoms with E-state index in [2.05, 4.69) is 5.32 Å². The third-order valence-electron chi connectivity index (χ3n) is 2.99. The fourth-order valence-electron chi connectivity index (χ4n) is 1.91. The van der Waals surface area contributed by atoms with Crippen molar-refractivity contribution in [1.82, 2.24) is 0 Å². The molecule has 110 valence electrons. The molecule has 0 heterocycles. The van der Waals surface area contributed by atoms with Crippen LogP contribution in [0, 0.1) is 0 Å². The highest BCUT2D eigenvalue weighted by Crippen LogP contribution is 2.21. The Morgan fingerprint density at radius 2 is 2.05 bits per heavy atom. The van der Waals surface area contributed by atoms with Crippen LogP contribution in [-0.2, 0) is 11.3 Å². The van der Waals surface area contributed by atoms with Gasteiger partial charge in [0.1, 0.15) is 0 Å². The molecule has 1 amide bonds. The van der Waals surface area contributed by atoms with Crippen molar-refractivity contribution in [2.75, 3.05) is 17.7 Å². The lowest BCUT2D eigenvalue weighted by Crippen LogP contribution is -2.15. The Kier molecular flexibility index (Phi) is 5.20.